The molecule has 3 N–H and O–H groups in total. The van der Waals surface area contributed by atoms with Gasteiger partial charge in [-0.3, -0.25) is 0 Å². The van der Waals surface area contributed by atoms with Gasteiger partial charge in [0, 0.05) is 23.0 Å². The molecular weight excluding hydrogens is 296 g/mol. The third kappa shape index (κ3) is 4.38. The molecule has 0 unspecified atom stereocenters. The molecule has 5 heteroatoms. The predicted molar refractivity (Wildman–Crippen MR) is 90.8 cm³/mol. The molecule has 22 heavy (non-hydrogen) atoms. The summed E-state index contributed by atoms with van der Waals surface area (Å²) in [5.74, 6) is 1.19. The minimum absolute atomic E-state index is 0.442. The Morgan fingerprint density at radius 1 is 1.05 bits per heavy atom. The topological polar surface area (TPSA) is 72.3 Å². The second kappa shape index (κ2) is 7.68. The maximum atomic E-state index is 8.87. The summed E-state index contributed by atoms with van der Waals surface area (Å²) in [5.41, 5.74) is 8.87. The van der Waals surface area contributed by atoms with E-state index in [0.29, 0.717) is 5.82 Å². The highest BCUT2D eigenvalue weighted by Crippen LogP contribution is 2.25. The van der Waals surface area contributed by atoms with Crippen LogP contribution in [0.5, 0.6) is 0 Å². The van der Waals surface area contributed by atoms with Gasteiger partial charge in [-0.15, -0.1) is 0 Å². The minimum atomic E-state index is 0.442. The number of rotatable bonds is 2. The van der Waals surface area contributed by atoms with Crippen molar-refractivity contribution in [2.45, 2.75) is 18.7 Å². The summed E-state index contributed by atoms with van der Waals surface area (Å²) in [4.78, 5) is 0.868. The number of anilines is 1. The van der Waals surface area contributed by atoms with E-state index in [1.807, 2.05) is 36.4 Å². The number of hydrogen-bond acceptors (Lipinski definition) is 5. The molecule has 0 spiro atoms. The number of nitrogens with two attached hydrogens (primary N) is 1. The highest BCUT2D eigenvalue weighted by atomic mass is 32.2. The van der Waals surface area contributed by atoms with Crippen LogP contribution in [-0.4, -0.2) is 9.71 Å². The first-order valence-corrected chi connectivity index (χ1v) is 7.54. The quantitative estimate of drug-likeness (QED) is 0.665. The fourth-order valence-corrected chi connectivity index (χ4v) is 2.24. The molecule has 3 aromatic rings. The average Bonchev–Trinajstić information content (AvgIpc) is 2.92. The third-order valence-electron chi connectivity index (χ3n) is 3.06. The lowest BCUT2D eigenvalue weighted by Crippen LogP contribution is -1.82. The van der Waals surface area contributed by atoms with E-state index in [1.54, 1.807) is 13.0 Å². The lowest BCUT2D eigenvalue weighted by atomic mass is 10.0. The monoisotopic (exact) mass is 314 g/mol. The van der Waals surface area contributed by atoms with Crippen molar-refractivity contribution >= 4 is 17.9 Å². The molecule has 0 aliphatic rings. The van der Waals surface area contributed by atoms with Crippen LogP contribution >= 0.6 is 12.0 Å². The van der Waals surface area contributed by atoms with Crippen LogP contribution in [0.1, 0.15) is 11.3 Å². The van der Waals surface area contributed by atoms with Gasteiger partial charge in [0.15, 0.2) is 5.82 Å². The first-order valence-electron chi connectivity index (χ1n) is 6.76. The maximum absolute atomic E-state index is 8.87. The number of aryl methyl sites for hydroxylation is 2. The summed E-state index contributed by atoms with van der Waals surface area (Å²) in [6.45, 7) is 3.90. The van der Waals surface area contributed by atoms with Gasteiger partial charge in [0.05, 0.1) is 0 Å². The van der Waals surface area contributed by atoms with E-state index < -0.39 is 0 Å². The van der Waals surface area contributed by atoms with Crippen molar-refractivity contribution in [2.75, 3.05) is 5.73 Å². The SMILES string of the molecule is Cc1cc(N)no1.Cc1ccccc1-c1ccc(SO)cc1. The lowest BCUT2D eigenvalue weighted by molar-refractivity contribution is 0.400. The molecule has 0 amide bonds. The van der Waals surface area contributed by atoms with Gasteiger partial charge >= 0.3 is 0 Å². The molecule has 0 atom stereocenters. The zero-order chi connectivity index (χ0) is 15.9. The first-order chi connectivity index (χ1) is 10.6. The Hall–Kier alpha value is -2.24. The Labute approximate surface area is 134 Å². The van der Waals surface area contributed by atoms with E-state index in [-0.39, 0.29) is 0 Å². The van der Waals surface area contributed by atoms with E-state index in [1.165, 1.54) is 16.7 Å². The number of nitrogen functional groups attached to an aromatic ring is 1. The van der Waals surface area contributed by atoms with Crippen LogP contribution in [0, 0.1) is 13.8 Å². The Bertz CT molecular complexity index is 707. The minimum Gasteiger partial charge on any atom is -0.381 e. The second-order valence-corrected chi connectivity index (χ2v) is 5.45. The van der Waals surface area contributed by atoms with Crippen molar-refractivity contribution in [1.29, 1.82) is 0 Å². The van der Waals surface area contributed by atoms with Crippen molar-refractivity contribution in [3.05, 3.63) is 65.9 Å². The van der Waals surface area contributed by atoms with Crippen LogP contribution in [0.3, 0.4) is 0 Å². The zero-order valence-corrected chi connectivity index (χ0v) is 13.3. The average molecular weight is 314 g/mol. The number of benzene rings is 2. The van der Waals surface area contributed by atoms with Gasteiger partial charge in [-0.25, -0.2) is 0 Å². The summed E-state index contributed by atoms with van der Waals surface area (Å²) in [7, 11) is 0. The van der Waals surface area contributed by atoms with E-state index in [9.17, 15) is 0 Å². The Morgan fingerprint density at radius 2 is 1.73 bits per heavy atom. The van der Waals surface area contributed by atoms with Gasteiger partial charge in [-0.05, 0) is 42.7 Å². The molecule has 0 bridgehead atoms. The molecular formula is C17H18N2O2S. The van der Waals surface area contributed by atoms with Gasteiger partial charge in [0.2, 0.25) is 0 Å². The van der Waals surface area contributed by atoms with Crippen molar-refractivity contribution in [3.63, 3.8) is 0 Å². The van der Waals surface area contributed by atoms with E-state index in [4.69, 9.17) is 10.3 Å². The largest absolute Gasteiger partial charge is 0.381 e. The maximum Gasteiger partial charge on any atom is 0.167 e. The highest BCUT2D eigenvalue weighted by Gasteiger charge is 2.00. The molecule has 0 fully saturated rings. The fourth-order valence-electron chi connectivity index (χ4n) is 1.98. The summed E-state index contributed by atoms with van der Waals surface area (Å²) in [5, 5.41) is 3.42. The van der Waals surface area contributed by atoms with E-state index >= 15 is 0 Å². The van der Waals surface area contributed by atoms with Crippen LogP contribution in [-0.2, 0) is 0 Å². The van der Waals surface area contributed by atoms with Gasteiger partial charge in [-0.2, -0.15) is 0 Å². The molecule has 0 radical (unpaired) electrons. The second-order valence-electron chi connectivity index (χ2n) is 4.79. The van der Waals surface area contributed by atoms with Gasteiger partial charge < -0.3 is 14.8 Å². The Kier molecular flexibility index (Phi) is 5.63. The number of aromatic nitrogens is 1. The van der Waals surface area contributed by atoms with Crippen LogP contribution < -0.4 is 5.73 Å². The lowest BCUT2D eigenvalue weighted by Gasteiger charge is -2.05. The van der Waals surface area contributed by atoms with Crippen LogP contribution in [0.4, 0.5) is 5.82 Å². The molecule has 1 aromatic heterocycles. The molecule has 2 aromatic carbocycles. The van der Waals surface area contributed by atoms with E-state index in [2.05, 4.69) is 28.7 Å². The standard InChI is InChI=1S/C13H12OS.C4H6N2O/c1-10-4-2-3-5-13(10)11-6-8-12(15-14)9-7-11;1-3-2-4(5)6-7-3/h2-9,14H,1H3;2H,1H3,(H2,5,6). The van der Waals surface area contributed by atoms with Crippen LogP contribution in [0.25, 0.3) is 11.1 Å². The van der Waals surface area contributed by atoms with Crippen LogP contribution in [0.2, 0.25) is 0 Å². The molecule has 0 saturated heterocycles. The summed E-state index contributed by atoms with van der Waals surface area (Å²) >= 11 is 0.777. The van der Waals surface area contributed by atoms with Gasteiger partial charge in [0.1, 0.15) is 5.76 Å². The molecule has 4 nitrogen and oxygen atoms in total. The molecule has 0 aliphatic heterocycles. The normalized spacial score (nSPS) is 9.95. The van der Waals surface area contributed by atoms with Gasteiger partial charge in [0.25, 0.3) is 0 Å². The summed E-state index contributed by atoms with van der Waals surface area (Å²) in [6.07, 6.45) is 0. The fraction of sp³-hybridized carbons (Fsp3) is 0.118. The zero-order valence-electron chi connectivity index (χ0n) is 12.5. The summed E-state index contributed by atoms with van der Waals surface area (Å²) in [6, 6.07) is 17.9. The molecule has 3 rings (SSSR count). The van der Waals surface area contributed by atoms with Crippen LogP contribution in [0.15, 0.2) is 64.0 Å². The molecule has 114 valence electrons. The van der Waals surface area contributed by atoms with Crippen molar-refractivity contribution in [3.8, 4) is 11.1 Å². The smallest absolute Gasteiger partial charge is 0.167 e. The van der Waals surface area contributed by atoms with Crippen molar-refractivity contribution in [1.82, 2.24) is 5.16 Å². The number of nitrogens with zero attached hydrogens (tertiary/aromatic N) is 1. The summed E-state index contributed by atoms with van der Waals surface area (Å²) < 4.78 is 13.5. The molecule has 0 aliphatic carbocycles. The van der Waals surface area contributed by atoms with E-state index in [0.717, 1.165) is 22.7 Å². The predicted octanol–water partition coefficient (Wildman–Crippen LogP) is 4.79. The Morgan fingerprint density at radius 3 is 2.18 bits per heavy atom. The number of hydrogen-bond donors (Lipinski definition) is 2. The Balaban J connectivity index is 0.000000211. The van der Waals surface area contributed by atoms with Crippen molar-refractivity contribution < 1.29 is 9.08 Å². The molecule has 1 heterocycles. The van der Waals surface area contributed by atoms with Gasteiger partial charge in [-0.1, -0.05) is 41.6 Å². The highest BCUT2D eigenvalue weighted by molar-refractivity contribution is 7.93. The third-order valence-corrected chi connectivity index (χ3v) is 3.54. The molecule has 0 saturated carbocycles. The van der Waals surface area contributed by atoms with Crippen molar-refractivity contribution in [2.24, 2.45) is 0 Å². The first kappa shape index (κ1) is 16.1.